The fraction of sp³-hybridized carbons (Fsp3) is 0.471. The minimum absolute atomic E-state index is 0.00243. The molecule has 0 aliphatic carbocycles. The Labute approximate surface area is 131 Å². The Morgan fingerprint density at radius 3 is 2.67 bits per heavy atom. The van der Waals surface area contributed by atoms with Gasteiger partial charge in [0.05, 0.1) is 12.1 Å². The van der Waals surface area contributed by atoms with E-state index in [-0.39, 0.29) is 11.1 Å². The Morgan fingerprint density at radius 2 is 2.00 bits per heavy atom. The van der Waals surface area contributed by atoms with Crippen LogP contribution in [-0.4, -0.2) is 28.5 Å². The molecule has 0 radical (unpaired) electrons. The number of nitrogens with one attached hydrogen (secondary N) is 1. The van der Waals surface area contributed by atoms with Crippen molar-refractivity contribution in [2.45, 2.75) is 38.4 Å². The number of benzene rings is 1. The van der Waals surface area contributed by atoms with E-state index < -0.39 is 0 Å². The molecule has 0 saturated carbocycles. The van der Waals surface area contributed by atoms with Gasteiger partial charge in [0.2, 0.25) is 0 Å². The van der Waals surface area contributed by atoms with E-state index in [9.17, 15) is 0 Å². The zero-order valence-corrected chi connectivity index (χ0v) is 13.8. The molecule has 1 aromatic carbocycles. The predicted octanol–water partition coefficient (Wildman–Crippen LogP) is 3.24. The second-order valence-electron chi connectivity index (χ2n) is 6.66. The molecular formula is C17H23N3S. The Morgan fingerprint density at radius 1 is 1.24 bits per heavy atom. The second-order valence-corrected chi connectivity index (χ2v) is 7.64. The third-order valence-electron chi connectivity index (χ3n) is 4.40. The van der Waals surface area contributed by atoms with Gasteiger partial charge in [0.25, 0.3) is 0 Å². The molecule has 1 fully saturated rings. The van der Waals surface area contributed by atoms with Crippen molar-refractivity contribution in [3.05, 3.63) is 52.5 Å². The molecule has 1 N–H and O–H groups in total. The third kappa shape index (κ3) is 3.03. The van der Waals surface area contributed by atoms with Crippen molar-refractivity contribution < 1.29 is 0 Å². The maximum Gasteiger partial charge on any atom is 0.107 e. The predicted molar refractivity (Wildman–Crippen MR) is 88.4 cm³/mol. The normalized spacial score (nSPS) is 25.9. The van der Waals surface area contributed by atoms with Crippen molar-refractivity contribution in [2.24, 2.45) is 0 Å². The maximum atomic E-state index is 4.47. The topological polar surface area (TPSA) is 28.2 Å². The van der Waals surface area contributed by atoms with Crippen LogP contribution in [0.1, 0.15) is 31.3 Å². The van der Waals surface area contributed by atoms with Gasteiger partial charge in [0.1, 0.15) is 5.01 Å². The molecule has 0 amide bonds. The molecule has 1 unspecified atom stereocenters. The van der Waals surface area contributed by atoms with Gasteiger partial charge in [-0.05, 0) is 26.3 Å². The molecule has 1 atom stereocenters. The summed E-state index contributed by atoms with van der Waals surface area (Å²) in [5.74, 6) is 0. The van der Waals surface area contributed by atoms with E-state index in [4.69, 9.17) is 0 Å². The summed E-state index contributed by atoms with van der Waals surface area (Å²) in [7, 11) is 0. The van der Waals surface area contributed by atoms with Gasteiger partial charge in [-0.15, -0.1) is 11.3 Å². The lowest BCUT2D eigenvalue weighted by Gasteiger charge is -2.51. The van der Waals surface area contributed by atoms with Crippen molar-refractivity contribution in [1.29, 1.82) is 0 Å². The highest BCUT2D eigenvalue weighted by atomic mass is 32.1. The van der Waals surface area contributed by atoms with Crippen LogP contribution in [0.25, 0.3) is 0 Å². The van der Waals surface area contributed by atoms with Crippen LogP contribution in [0.2, 0.25) is 0 Å². The van der Waals surface area contributed by atoms with E-state index in [0.717, 1.165) is 19.6 Å². The summed E-state index contributed by atoms with van der Waals surface area (Å²) in [6.07, 6.45) is 1.90. The van der Waals surface area contributed by atoms with E-state index in [1.165, 1.54) is 10.6 Å². The minimum Gasteiger partial charge on any atom is -0.308 e. The molecule has 1 aliphatic heterocycles. The van der Waals surface area contributed by atoms with Gasteiger partial charge in [0.15, 0.2) is 0 Å². The number of nitrogens with zero attached hydrogens (tertiary/aromatic N) is 2. The first-order chi connectivity index (χ1) is 10.00. The number of aromatic nitrogens is 1. The molecule has 1 aromatic heterocycles. The summed E-state index contributed by atoms with van der Waals surface area (Å²) in [5, 5.41) is 6.95. The quantitative estimate of drug-likeness (QED) is 0.943. The average molecular weight is 301 g/mol. The van der Waals surface area contributed by atoms with Crippen molar-refractivity contribution in [2.75, 3.05) is 13.1 Å². The summed E-state index contributed by atoms with van der Waals surface area (Å²) < 4.78 is 0. The van der Waals surface area contributed by atoms with Crippen LogP contribution >= 0.6 is 11.3 Å². The highest BCUT2D eigenvalue weighted by Gasteiger charge is 2.42. The molecule has 0 spiro atoms. The average Bonchev–Trinajstić information content (AvgIpc) is 2.97. The minimum atomic E-state index is 0.00243. The number of hydrogen-bond donors (Lipinski definition) is 1. The van der Waals surface area contributed by atoms with Gasteiger partial charge >= 0.3 is 0 Å². The number of hydrogen-bond acceptors (Lipinski definition) is 4. The SMILES string of the molecule is CC1(C)CN(Cc2nccs2)C(C)(c2ccccc2)CN1. The third-order valence-corrected chi connectivity index (χ3v) is 5.16. The smallest absolute Gasteiger partial charge is 0.107 e. The van der Waals surface area contributed by atoms with Gasteiger partial charge < -0.3 is 5.32 Å². The molecule has 2 aromatic rings. The lowest BCUT2D eigenvalue weighted by molar-refractivity contribution is 0.0171. The van der Waals surface area contributed by atoms with Crippen LogP contribution in [0.15, 0.2) is 41.9 Å². The molecular weight excluding hydrogens is 278 g/mol. The summed E-state index contributed by atoms with van der Waals surface area (Å²) >= 11 is 1.74. The highest BCUT2D eigenvalue weighted by molar-refractivity contribution is 7.09. The summed E-state index contributed by atoms with van der Waals surface area (Å²) in [5.41, 5.74) is 1.50. The zero-order chi connectivity index (χ0) is 14.9. The van der Waals surface area contributed by atoms with Gasteiger partial charge in [-0.25, -0.2) is 4.98 Å². The number of rotatable bonds is 3. The van der Waals surface area contributed by atoms with Gasteiger partial charge in [-0.3, -0.25) is 4.90 Å². The van der Waals surface area contributed by atoms with E-state index in [2.05, 4.69) is 71.7 Å². The van der Waals surface area contributed by atoms with Gasteiger partial charge in [-0.1, -0.05) is 30.3 Å². The summed E-state index contributed by atoms with van der Waals surface area (Å²) in [6, 6.07) is 10.8. The second kappa shape index (κ2) is 5.52. The monoisotopic (exact) mass is 301 g/mol. The zero-order valence-electron chi connectivity index (χ0n) is 13.0. The summed E-state index contributed by atoms with van der Waals surface area (Å²) in [6.45, 7) is 9.75. The van der Waals surface area contributed by atoms with Gasteiger partial charge in [-0.2, -0.15) is 0 Å². The first-order valence-electron chi connectivity index (χ1n) is 7.44. The molecule has 1 saturated heterocycles. The van der Waals surface area contributed by atoms with Crippen molar-refractivity contribution in [3.8, 4) is 0 Å². The molecule has 112 valence electrons. The standard InChI is InChI=1S/C17H23N3S/c1-16(2)13-20(11-15-18-9-10-21-15)17(3,12-19-16)14-7-5-4-6-8-14/h4-10,19H,11-13H2,1-3H3. The Kier molecular flexibility index (Phi) is 3.86. The van der Waals surface area contributed by atoms with E-state index in [0.29, 0.717) is 0 Å². The molecule has 3 rings (SSSR count). The number of piperazine rings is 1. The first kappa shape index (κ1) is 14.7. The Balaban J connectivity index is 1.93. The largest absolute Gasteiger partial charge is 0.308 e. The molecule has 2 heterocycles. The van der Waals surface area contributed by atoms with Crippen LogP contribution in [0.5, 0.6) is 0 Å². The molecule has 21 heavy (non-hydrogen) atoms. The van der Waals surface area contributed by atoms with E-state index in [1.54, 1.807) is 11.3 Å². The molecule has 3 nitrogen and oxygen atoms in total. The highest BCUT2D eigenvalue weighted by Crippen LogP contribution is 2.34. The fourth-order valence-electron chi connectivity index (χ4n) is 3.04. The maximum absolute atomic E-state index is 4.47. The Hall–Kier alpha value is -1.23. The number of thiazole rings is 1. The molecule has 0 bridgehead atoms. The van der Waals surface area contributed by atoms with E-state index in [1.807, 2.05) is 6.20 Å². The first-order valence-corrected chi connectivity index (χ1v) is 8.32. The van der Waals surface area contributed by atoms with Gasteiger partial charge in [0, 0.05) is 30.2 Å². The fourth-order valence-corrected chi connectivity index (χ4v) is 3.67. The van der Waals surface area contributed by atoms with Crippen molar-refractivity contribution in [1.82, 2.24) is 15.2 Å². The molecule has 4 heteroatoms. The summed E-state index contributed by atoms with van der Waals surface area (Å²) in [4.78, 5) is 7.04. The van der Waals surface area contributed by atoms with E-state index >= 15 is 0 Å². The molecule has 1 aliphatic rings. The van der Waals surface area contributed by atoms with Crippen molar-refractivity contribution >= 4 is 11.3 Å². The van der Waals surface area contributed by atoms with Crippen LogP contribution in [0, 0.1) is 0 Å². The lowest BCUT2D eigenvalue weighted by Crippen LogP contribution is -2.65. The lowest BCUT2D eigenvalue weighted by atomic mass is 9.84. The van der Waals surface area contributed by atoms with Crippen LogP contribution < -0.4 is 5.32 Å². The Bertz CT molecular complexity index is 579. The van der Waals surface area contributed by atoms with Crippen LogP contribution in [0.4, 0.5) is 0 Å². The van der Waals surface area contributed by atoms with Crippen LogP contribution in [-0.2, 0) is 12.1 Å². The van der Waals surface area contributed by atoms with Crippen molar-refractivity contribution in [3.63, 3.8) is 0 Å². The van der Waals surface area contributed by atoms with Crippen LogP contribution in [0.3, 0.4) is 0 Å².